The number of rotatable bonds is 33. The van der Waals surface area contributed by atoms with Crippen LogP contribution in [0.1, 0.15) is 163 Å². The summed E-state index contributed by atoms with van der Waals surface area (Å²) < 4.78 is 35.0. The normalized spacial score (nSPS) is 22.2. The maximum absolute atomic E-state index is 14.3. The van der Waals surface area contributed by atoms with E-state index < -0.39 is 133 Å². The lowest BCUT2D eigenvalue weighted by molar-refractivity contribution is -0.169. The second-order valence-electron chi connectivity index (χ2n) is 28.1. The van der Waals surface area contributed by atoms with Crippen molar-refractivity contribution in [3.05, 3.63) is 65.7 Å². The molecule has 0 radical (unpaired) electrons. The average Bonchev–Trinajstić information content (AvgIpc) is 1.71. The molecule has 26 nitrogen and oxygen atoms in total. The molecule has 8 amide bonds. The van der Waals surface area contributed by atoms with Crippen LogP contribution in [0, 0.1) is 23.7 Å². The maximum atomic E-state index is 14.3. The van der Waals surface area contributed by atoms with Gasteiger partial charge >= 0.3 is 24.0 Å². The van der Waals surface area contributed by atoms with Gasteiger partial charge in [-0.2, -0.15) is 35.3 Å². The molecule has 2 bridgehead atoms. The van der Waals surface area contributed by atoms with Gasteiger partial charge in [0.05, 0.1) is 86.9 Å². The summed E-state index contributed by atoms with van der Waals surface area (Å²) in [6, 6.07) is 11.8. The number of ether oxygens (including phenoxy) is 6. The van der Waals surface area contributed by atoms with Crippen molar-refractivity contribution in [1.82, 2.24) is 36.0 Å². The van der Waals surface area contributed by atoms with Crippen LogP contribution in [0.25, 0.3) is 0 Å². The van der Waals surface area contributed by atoms with E-state index in [1.54, 1.807) is 113 Å². The number of aliphatic hydroxyl groups is 1. The number of esters is 3. The van der Waals surface area contributed by atoms with Gasteiger partial charge in [0.2, 0.25) is 41.4 Å². The van der Waals surface area contributed by atoms with Crippen molar-refractivity contribution < 1.29 is 86.3 Å². The summed E-state index contributed by atoms with van der Waals surface area (Å²) in [4.78, 5) is 152. The van der Waals surface area contributed by atoms with E-state index in [1.165, 1.54) is 37.9 Å². The van der Waals surface area contributed by atoms with Crippen molar-refractivity contribution in [3.63, 3.8) is 0 Å². The third-order valence-electron chi connectivity index (χ3n) is 19.7. The van der Waals surface area contributed by atoms with E-state index in [-0.39, 0.29) is 92.2 Å². The van der Waals surface area contributed by atoms with Crippen molar-refractivity contribution >= 4 is 106 Å². The molecule has 0 spiro atoms. The van der Waals surface area contributed by atoms with Crippen LogP contribution in [-0.2, 0) is 83.0 Å². The number of amides is 8. The zero-order chi connectivity index (χ0) is 75.4. The Hall–Kier alpha value is -6.66. The SMILES string of the molecule is CC[C@H](C)[C@@H]([C@@H](CC(=O)N1CCC[C@H]1[C@H](OC)[C@@H](C)C(=O)N[C@H](C)[C@@H](O)c1ccccc1)OC)N(C)C(=O)CNC(=O)C(C(C)C)N(C)C(=O)OCc1ccc(NC(=O)CNC(=O)C(NC(=O)CSCCC(=O)OC2CC3C[C@H](C2)OC(=O)CCSC2CCCCC2SCCC(=O)O3)C(C)C)cc1. The van der Waals surface area contributed by atoms with Gasteiger partial charge in [0, 0.05) is 87.6 Å². The van der Waals surface area contributed by atoms with Crippen LogP contribution in [0.5, 0.6) is 0 Å². The summed E-state index contributed by atoms with van der Waals surface area (Å²) in [5, 5.41) is 25.5. The molecular formula is C74H112N8O18S3. The Bertz CT molecular complexity index is 3080. The smallest absolute Gasteiger partial charge is 0.410 e. The Morgan fingerprint density at radius 2 is 1.34 bits per heavy atom. The second-order valence-corrected chi connectivity index (χ2v) is 31.9. The molecule has 29 heteroatoms. The molecule has 15 atom stereocenters. The topological polar surface area (TPSA) is 333 Å². The molecule has 574 valence electrons. The van der Waals surface area contributed by atoms with E-state index in [2.05, 4.69) is 26.6 Å². The molecule has 2 aromatic carbocycles. The average molecular weight is 1500 g/mol. The number of thioether (sulfide) groups is 3. The molecule has 0 aromatic heterocycles. The van der Waals surface area contributed by atoms with E-state index in [1.807, 2.05) is 32.0 Å². The number of hydrogen-bond acceptors (Lipinski definition) is 21. The summed E-state index contributed by atoms with van der Waals surface area (Å²) in [6.45, 7) is 13.8. The second kappa shape index (κ2) is 43.1. The third-order valence-corrected chi connectivity index (χ3v) is 23.7. The highest BCUT2D eigenvalue weighted by molar-refractivity contribution is 8.03. The molecule has 6 unspecified atom stereocenters. The van der Waals surface area contributed by atoms with Crippen LogP contribution in [0.15, 0.2) is 54.6 Å². The number of hydrogen-bond donors (Lipinski definition) is 6. The Labute approximate surface area is 620 Å². The largest absolute Gasteiger partial charge is 0.462 e. The van der Waals surface area contributed by atoms with E-state index in [0.29, 0.717) is 71.0 Å². The van der Waals surface area contributed by atoms with Gasteiger partial charge in [-0.25, -0.2) is 4.79 Å². The first-order valence-electron chi connectivity index (χ1n) is 36.3. The summed E-state index contributed by atoms with van der Waals surface area (Å²) in [5.41, 5.74) is 1.60. The molecule has 6 rings (SSSR count). The minimum absolute atomic E-state index is 0.0205. The van der Waals surface area contributed by atoms with Gasteiger partial charge in [0.15, 0.2) is 0 Å². The van der Waals surface area contributed by atoms with Crippen molar-refractivity contribution in [2.24, 2.45) is 23.7 Å². The number of carbonyl (C=O) groups is 11. The van der Waals surface area contributed by atoms with Crippen molar-refractivity contribution in [3.8, 4) is 0 Å². The number of methoxy groups -OCH3 is 2. The van der Waals surface area contributed by atoms with Gasteiger partial charge in [0.25, 0.3) is 0 Å². The van der Waals surface area contributed by atoms with Crippen LogP contribution in [0.4, 0.5) is 10.5 Å². The highest BCUT2D eigenvalue weighted by Gasteiger charge is 2.44. The van der Waals surface area contributed by atoms with Gasteiger partial charge in [-0.15, -0.1) is 0 Å². The molecule has 2 saturated heterocycles. The van der Waals surface area contributed by atoms with Crippen molar-refractivity contribution in [1.29, 1.82) is 0 Å². The van der Waals surface area contributed by atoms with E-state index in [0.717, 1.165) is 30.6 Å². The van der Waals surface area contributed by atoms with Crippen molar-refractivity contribution in [2.45, 2.75) is 229 Å². The Morgan fingerprint density at radius 1 is 0.718 bits per heavy atom. The van der Waals surface area contributed by atoms with Gasteiger partial charge in [-0.05, 0) is 73.6 Å². The summed E-state index contributed by atoms with van der Waals surface area (Å²) in [6.07, 6.45) is 2.84. The molecular weight excluding hydrogens is 1390 g/mol. The van der Waals surface area contributed by atoms with Crippen LogP contribution < -0.4 is 26.6 Å². The first-order chi connectivity index (χ1) is 49.1. The van der Waals surface area contributed by atoms with Gasteiger partial charge in [0.1, 0.15) is 37.0 Å². The first-order valence-corrected chi connectivity index (χ1v) is 39.5. The number of anilines is 1. The number of nitrogens with zero attached hydrogens (tertiary/aromatic N) is 3. The minimum Gasteiger partial charge on any atom is -0.462 e. The van der Waals surface area contributed by atoms with E-state index in [9.17, 15) is 57.8 Å². The third kappa shape index (κ3) is 26.7. The van der Waals surface area contributed by atoms with Crippen LogP contribution >= 0.6 is 35.3 Å². The Kier molecular flexibility index (Phi) is 35.7. The standard InChI is InChI=1S/C74H112N8O18S3/c1-13-46(6)68(56(95-11)39-61(85)82-32-19-22-55(82)70(96-12)47(7)71(91)77-48(8)69(90)50-20-15-14-16-21-50)80(9)62(86)41-76-73(93)67(45(4)5)81(10)74(94)97-42-49-25-27-51(28-26-49)78-59(83)40-75-72(92)66(44(2)3)79-60(84)43-101-33-29-63(87)98-52-36-53-38-54(37-52)100-65(89)31-35-103-58-24-18-17-23-57(58)102-34-30-64(88)99-53/h14-16,20-21,25-28,44-48,52-58,66-70,90H,13,17-19,22-24,29-43H2,1-12H3,(H,75,92)(H,76,93)(H,77,91)(H,78,83)(H,79,84)/t46-,47+,48+,52?,53-,54?,55-,56+,57?,58?,66?,67?,68-,69+,70+/m0/s1. The molecule has 103 heavy (non-hydrogen) atoms. The molecule has 2 aromatic rings. The fraction of sp³-hybridized carbons (Fsp3) is 0.689. The predicted octanol–water partition coefficient (Wildman–Crippen LogP) is 7.36. The number of benzene rings is 2. The predicted molar refractivity (Wildman–Crippen MR) is 395 cm³/mol. The van der Waals surface area contributed by atoms with Crippen LogP contribution in [0.2, 0.25) is 0 Å². The lowest BCUT2D eigenvalue weighted by atomic mass is 9.90. The molecule has 2 aliphatic heterocycles. The minimum atomic E-state index is -1.04. The highest BCUT2D eigenvalue weighted by Crippen LogP contribution is 2.38. The zero-order valence-corrected chi connectivity index (χ0v) is 64.5. The highest BCUT2D eigenvalue weighted by atomic mass is 32.2. The zero-order valence-electron chi connectivity index (χ0n) is 62.0. The van der Waals surface area contributed by atoms with Gasteiger partial charge in [-0.1, -0.05) is 110 Å². The van der Waals surface area contributed by atoms with E-state index in [4.69, 9.17) is 28.4 Å². The molecule has 4 aliphatic rings. The quantitative estimate of drug-likeness (QED) is 0.0231. The molecule has 4 fully saturated rings. The number of likely N-dealkylation sites (tertiary alicyclic amines) is 1. The number of nitrogens with one attached hydrogen (secondary N) is 5. The molecule has 6 N–H and O–H groups in total. The fourth-order valence-electron chi connectivity index (χ4n) is 13.8. The number of fused-ring (bicyclic) bond motifs is 3. The lowest BCUT2D eigenvalue weighted by Crippen LogP contribution is -2.56. The van der Waals surface area contributed by atoms with Gasteiger partial charge < -0.3 is 69.9 Å². The fourth-order valence-corrected chi connectivity index (χ4v) is 17.6. The lowest BCUT2D eigenvalue weighted by Gasteiger charge is -2.39. The van der Waals surface area contributed by atoms with Crippen LogP contribution in [-0.4, -0.2) is 227 Å². The molecule has 2 heterocycles. The van der Waals surface area contributed by atoms with Crippen molar-refractivity contribution in [2.75, 3.05) is 76.3 Å². The first kappa shape index (κ1) is 85.3. The van der Waals surface area contributed by atoms with Crippen LogP contribution in [0.3, 0.4) is 0 Å². The Morgan fingerprint density at radius 3 is 1.92 bits per heavy atom. The maximum Gasteiger partial charge on any atom is 0.410 e. The molecule has 2 saturated carbocycles. The monoisotopic (exact) mass is 1500 g/mol. The summed E-state index contributed by atoms with van der Waals surface area (Å²) in [5.74, 6) is -4.44. The number of aliphatic hydroxyl groups excluding tert-OH is 1. The number of likely N-dealkylation sites (N-methyl/N-ethyl adjacent to an activating group) is 2. The van der Waals surface area contributed by atoms with Gasteiger partial charge in [-0.3, -0.25) is 52.8 Å². The van der Waals surface area contributed by atoms with E-state index >= 15 is 0 Å². The molecule has 2 aliphatic carbocycles. The summed E-state index contributed by atoms with van der Waals surface area (Å²) >= 11 is 4.79. The summed E-state index contributed by atoms with van der Waals surface area (Å²) in [7, 11) is 6.03. The number of carbonyl (C=O) groups excluding carboxylic acids is 11. The Balaban J connectivity index is 0.895.